The quantitative estimate of drug-likeness (QED) is 0.362. The normalized spacial score (nSPS) is 16.9. The van der Waals surface area contributed by atoms with E-state index in [9.17, 15) is 0 Å². The van der Waals surface area contributed by atoms with E-state index in [2.05, 4.69) is 65.6 Å². The van der Waals surface area contributed by atoms with Gasteiger partial charge in [-0.25, -0.2) is 0 Å². The molecule has 2 rings (SSSR count). The van der Waals surface area contributed by atoms with Crippen LogP contribution in [0.3, 0.4) is 0 Å². The van der Waals surface area contributed by atoms with Crippen molar-refractivity contribution >= 4 is 29.9 Å². The lowest BCUT2D eigenvalue weighted by molar-refractivity contribution is 0.0268. The Bertz CT molecular complexity index is 553. The molecule has 0 bridgehead atoms. The van der Waals surface area contributed by atoms with Crippen LogP contribution in [0.1, 0.15) is 43.9 Å². The van der Waals surface area contributed by atoms with Gasteiger partial charge in [-0.15, -0.1) is 24.0 Å². The molecule has 1 saturated heterocycles. The zero-order chi connectivity index (χ0) is 18.3. The third-order valence-corrected chi connectivity index (χ3v) is 4.96. The summed E-state index contributed by atoms with van der Waals surface area (Å²) in [5.41, 5.74) is 2.45. The maximum absolute atomic E-state index is 5.47. The van der Waals surface area contributed by atoms with Gasteiger partial charge in [-0.1, -0.05) is 29.8 Å². The van der Waals surface area contributed by atoms with Gasteiger partial charge >= 0.3 is 0 Å². The van der Waals surface area contributed by atoms with Crippen molar-refractivity contribution in [3.8, 4) is 0 Å². The number of halogens is 1. The number of hydrogen-bond donors (Lipinski definition) is 2. The van der Waals surface area contributed by atoms with Crippen LogP contribution < -0.4 is 10.6 Å². The molecule has 1 aromatic carbocycles. The molecule has 0 amide bonds. The van der Waals surface area contributed by atoms with Crippen LogP contribution in [0.4, 0.5) is 0 Å². The molecule has 1 aliphatic rings. The number of aliphatic imine (C=N–C) groups is 1. The lowest BCUT2D eigenvalue weighted by atomic mass is 10.0. The van der Waals surface area contributed by atoms with Gasteiger partial charge in [0, 0.05) is 27.2 Å². The first-order chi connectivity index (χ1) is 11.9. The minimum Gasteiger partial charge on any atom is -0.377 e. The van der Waals surface area contributed by atoms with E-state index in [1.807, 2.05) is 7.05 Å². The van der Waals surface area contributed by atoms with Crippen LogP contribution in [-0.2, 0) is 4.74 Å². The van der Waals surface area contributed by atoms with Crippen LogP contribution in [-0.4, -0.2) is 56.8 Å². The van der Waals surface area contributed by atoms with Gasteiger partial charge in [0.25, 0.3) is 0 Å². The number of ether oxygens (including phenoxy) is 1. The first-order valence-corrected chi connectivity index (χ1v) is 9.25. The zero-order valence-corrected chi connectivity index (χ0v) is 19.2. The molecular formula is C20H35IN4O. The number of hydrogen-bond acceptors (Lipinski definition) is 3. The fourth-order valence-electron chi connectivity index (χ4n) is 3.08. The number of rotatable bonds is 7. The molecular weight excluding hydrogens is 439 g/mol. The van der Waals surface area contributed by atoms with E-state index >= 15 is 0 Å². The smallest absolute Gasteiger partial charge is 0.191 e. The largest absolute Gasteiger partial charge is 0.377 e. The highest BCUT2D eigenvalue weighted by atomic mass is 127. The van der Waals surface area contributed by atoms with Gasteiger partial charge in [-0.3, -0.25) is 9.89 Å². The van der Waals surface area contributed by atoms with Crippen LogP contribution in [0.2, 0.25) is 0 Å². The summed E-state index contributed by atoms with van der Waals surface area (Å²) < 4.78 is 5.47. The van der Waals surface area contributed by atoms with Crippen LogP contribution in [0.5, 0.6) is 0 Å². The number of nitrogens with one attached hydrogen (secondary N) is 2. The first kappa shape index (κ1) is 23.2. The Labute approximate surface area is 176 Å². The molecule has 1 aliphatic heterocycles. The summed E-state index contributed by atoms with van der Waals surface area (Å²) in [6.45, 7) is 10.2. The number of benzene rings is 1. The maximum Gasteiger partial charge on any atom is 0.191 e. The second-order valence-corrected chi connectivity index (χ2v) is 7.44. The fourth-order valence-corrected chi connectivity index (χ4v) is 3.08. The second kappa shape index (κ2) is 11.1. The molecule has 0 aliphatic carbocycles. The predicted molar refractivity (Wildman–Crippen MR) is 121 cm³/mol. The van der Waals surface area contributed by atoms with E-state index in [1.54, 1.807) is 7.11 Å². The van der Waals surface area contributed by atoms with Gasteiger partial charge in [-0.05, 0) is 52.3 Å². The van der Waals surface area contributed by atoms with E-state index in [0.717, 1.165) is 12.5 Å². The molecule has 1 aromatic rings. The van der Waals surface area contributed by atoms with Crippen molar-refractivity contribution in [3.63, 3.8) is 0 Å². The average molecular weight is 474 g/mol. The Morgan fingerprint density at radius 3 is 2.35 bits per heavy atom. The van der Waals surface area contributed by atoms with E-state index in [1.165, 1.54) is 37.1 Å². The topological polar surface area (TPSA) is 48.9 Å². The molecule has 1 fully saturated rings. The third kappa shape index (κ3) is 7.04. The minimum absolute atomic E-state index is 0. The van der Waals surface area contributed by atoms with Crippen LogP contribution >= 0.6 is 24.0 Å². The van der Waals surface area contributed by atoms with E-state index < -0.39 is 0 Å². The number of guanidine groups is 1. The Balaban J connectivity index is 0.00000338. The number of aryl methyl sites for hydroxylation is 1. The lowest BCUT2D eigenvalue weighted by Gasteiger charge is -2.30. The van der Waals surface area contributed by atoms with E-state index in [0.29, 0.717) is 12.6 Å². The first-order valence-electron chi connectivity index (χ1n) is 9.25. The summed E-state index contributed by atoms with van der Waals surface area (Å²) in [6, 6.07) is 9.28. The highest BCUT2D eigenvalue weighted by Crippen LogP contribution is 2.24. The molecule has 0 aromatic heterocycles. The van der Waals surface area contributed by atoms with Crippen molar-refractivity contribution in [2.75, 3.05) is 40.3 Å². The van der Waals surface area contributed by atoms with Crippen molar-refractivity contribution in [2.45, 2.75) is 45.3 Å². The standard InChI is InChI=1S/C20H34N4O.HI/c1-16-8-10-17(11-9-16)18(24-12-6-7-13-24)14-22-19(21-4)23-15-20(2,3)25-5;/h8-11,18H,6-7,12-15H2,1-5H3,(H2,21,22,23);1H. The number of methoxy groups -OCH3 is 1. The monoisotopic (exact) mass is 474 g/mol. The SMILES string of the molecule is CN=C(NCC(c1ccc(C)cc1)N1CCCC1)NCC(C)(C)OC.I. The molecule has 1 atom stereocenters. The van der Waals surface area contributed by atoms with Crippen molar-refractivity contribution < 1.29 is 4.74 Å². The fraction of sp³-hybridized carbons (Fsp3) is 0.650. The Morgan fingerprint density at radius 2 is 1.81 bits per heavy atom. The highest BCUT2D eigenvalue weighted by Gasteiger charge is 2.24. The third-order valence-electron chi connectivity index (χ3n) is 4.96. The van der Waals surface area contributed by atoms with Crippen LogP contribution in [0, 0.1) is 6.92 Å². The minimum atomic E-state index is -0.219. The molecule has 0 spiro atoms. The van der Waals surface area contributed by atoms with E-state index in [-0.39, 0.29) is 29.6 Å². The molecule has 26 heavy (non-hydrogen) atoms. The molecule has 1 unspecified atom stereocenters. The predicted octanol–water partition coefficient (Wildman–Crippen LogP) is 3.34. The summed E-state index contributed by atoms with van der Waals surface area (Å²) in [6.07, 6.45) is 2.58. The summed E-state index contributed by atoms with van der Waals surface area (Å²) in [5.74, 6) is 0.821. The Morgan fingerprint density at radius 1 is 1.19 bits per heavy atom. The maximum atomic E-state index is 5.47. The van der Waals surface area contributed by atoms with Gasteiger partial charge in [0.1, 0.15) is 0 Å². The molecule has 0 saturated carbocycles. The Kier molecular flexibility index (Phi) is 9.89. The summed E-state index contributed by atoms with van der Waals surface area (Å²) in [7, 11) is 3.55. The second-order valence-electron chi connectivity index (χ2n) is 7.44. The van der Waals surface area contributed by atoms with Gasteiger partial charge in [0.15, 0.2) is 5.96 Å². The van der Waals surface area contributed by atoms with Crippen LogP contribution in [0.25, 0.3) is 0 Å². The van der Waals surface area contributed by atoms with Gasteiger partial charge in [0.2, 0.25) is 0 Å². The highest BCUT2D eigenvalue weighted by molar-refractivity contribution is 14.0. The molecule has 148 valence electrons. The van der Waals surface area contributed by atoms with Crippen molar-refractivity contribution in [2.24, 2.45) is 4.99 Å². The van der Waals surface area contributed by atoms with Crippen molar-refractivity contribution in [1.29, 1.82) is 0 Å². The Hall–Kier alpha value is -0.860. The molecule has 5 nitrogen and oxygen atoms in total. The zero-order valence-electron chi connectivity index (χ0n) is 16.8. The molecule has 6 heteroatoms. The molecule has 2 N–H and O–H groups in total. The molecule has 1 heterocycles. The number of likely N-dealkylation sites (tertiary alicyclic amines) is 1. The molecule has 0 radical (unpaired) electrons. The van der Waals surface area contributed by atoms with Gasteiger partial charge in [0.05, 0.1) is 11.6 Å². The van der Waals surface area contributed by atoms with Crippen molar-refractivity contribution in [3.05, 3.63) is 35.4 Å². The van der Waals surface area contributed by atoms with E-state index in [4.69, 9.17) is 4.74 Å². The summed E-state index contributed by atoms with van der Waals surface area (Å²) in [4.78, 5) is 6.93. The number of nitrogens with zero attached hydrogens (tertiary/aromatic N) is 2. The van der Waals surface area contributed by atoms with Gasteiger partial charge in [-0.2, -0.15) is 0 Å². The summed E-state index contributed by atoms with van der Waals surface area (Å²) in [5, 5.41) is 6.86. The average Bonchev–Trinajstić information content (AvgIpc) is 3.13. The lowest BCUT2D eigenvalue weighted by Crippen LogP contribution is -2.47. The van der Waals surface area contributed by atoms with Crippen molar-refractivity contribution in [1.82, 2.24) is 15.5 Å². The summed E-state index contributed by atoms with van der Waals surface area (Å²) >= 11 is 0. The van der Waals surface area contributed by atoms with Gasteiger partial charge < -0.3 is 15.4 Å². The van der Waals surface area contributed by atoms with Crippen LogP contribution in [0.15, 0.2) is 29.3 Å².